The molecule has 1 rings (SSSR count). The second-order valence-electron chi connectivity index (χ2n) is 3.51. The Kier molecular flexibility index (Phi) is 5.19. The van der Waals surface area contributed by atoms with Gasteiger partial charge in [0.2, 0.25) is 0 Å². The van der Waals surface area contributed by atoms with Crippen molar-refractivity contribution in [1.82, 2.24) is 15.2 Å². The van der Waals surface area contributed by atoms with Gasteiger partial charge in [-0.15, -0.1) is 6.42 Å². The molecule has 1 aromatic heterocycles. The Morgan fingerprint density at radius 3 is 3.00 bits per heavy atom. The van der Waals surface area contributed by atoms with Gasteiger partial charge in [0.05, 0.1) is 6.54 Å². The molecule has 0 spiro atoms. The number of nitrogens with one attached hydrogen (secondary N) is 2. The quantitative estimate of drug-likeness (QED) is 0.400. The molecule has 0 unspecified atom stereocenters. The van der Waals surface area contributed by atoms with E-state index in [0.29, 0.717) is 13.0 Å². The molecule has 0 saturated heterocycles. The van der Waals surface area contributed by atoms with Gasteiger partial charge in [-0.05, 0) is 18.1 Å². The first-order valence-electron chi connectivity index (χ1n) is 5.37. The zero-order valence-corrected chi connectivity index (χ0v) is 9.89. The van der Waals surface area contributed by atoms with Crippen molar-refractivity contribution >= 4 is 12.0 Å². The van der Waals surface area contributed by atoms with Gasteiger partial charge >= 0.3 is 6.03 Å². The van der Waals surface area contributed by atoms with E-state index in [4.69, 9.17) is 17.6 Å². The SMILES string of the molecule is C#CCNC(=O)N(CCc1cccnc1)C(=N)N. The fourth-order valence-corrected chi connectivity index (χ4v) is 1.34. The topological polar surface area (TPSA) is 95.1 Å². The summed E-state index contributed by atoms with van der Waals surface area (Å²) in [7, 11) is 0. The van der Waals surface area contributed by atoms with Gasteiger partial charge in [-0.2, -0.15) is 0 Å². The highest BCUT2D eigenvalue weighted by Crippen LogP contribution is 1.99. The van der Waals surface area contributed by atoms with Crippen LogP contribution in [-0.4, -0.2) is 35.0 Å². The lowest BCUT2D eigenvalue weighted by Gasteiger charge is -2.20. The van der Waals surface area contributed by atoms with Crippen molar-refractivity contribution in [3.8, 4) is 12.3 Å². The molecule has 6 nitrogen and oxygen atoms in total. The van der Waals surface area contributed by atoms with Crippen LogP contribution in [-0.2, 0) is 6.42 Å². The number of rotatable bonds is 4. The molecule has 0 saturated carbocycles. The Morgan fingerprint density at radius 1 is 1.67 bits per heavy atom. The maximum absolute atomic E-state index is 11.6. The molecule has 0 aliphatic heterocycles. The van der Waals surface area contributed by atoms with Gasteiger partial charge in [0, 0.05) is 18.9 Å². The molecule has 1 aromatic rings. The predicted molar refractivity (Wildman–Crippen MR) is 68.8 cm³/mol. The summed E-state index contributed by atoms with van der Waals surface area (Å²) >= 11 is 0. The van der Waals surface area contributed by atoms with Crippen LogP contribution in [0.3, 0.4) is 0 Å². The molecule has 0 aliphatic rings. The molecule has 6 heteroatoms. The monoisotopic (exact) mass is 245 g/mol. The Hall–Kier alpha value is -2.55. The zero-order chi connectivity index (χ0) is 13.4. The Morgan fingerprint density at radius 2 is 2.44 bits per heavy atom. The molecule has 0 atom stereocenters. The summed E-state index contributed by atoms with van der Waals surface area (Å²) in [6, 6.07) is 3.24. The van der Waals surface area contributed by atoms with E-state index in [1.54, 1.807) is 12.4 Å². The third kappa shape index (κ3) is 4.14. The lowest BCUT2D eigenvalue weighted by molar-refractivity contribution is 0.221. The van der Waals surface area contributed by atoms with Gasteiger partial charge in [-0.25, -0.2) is 4.79 Å². The molecule has 18 heavy (non-hydrogen) atoms. The zero-order valence-electron chi connectivity index (χ0n) is 9.89. The van der Waals surface area contributed by atoms with Crippen LogP contribution in [0.2, 0.25) is 0 Å². The normalized spacial score (nSPS) is 9.28. The van der Waals surface area contributed by atoms with E-state index in [0.717, 1.165) is 10.5 Å². The summed E-state index contributed by atoms with van der Waals surface area (Å²) in [5.41, 5.74) is 6.32. The van der Waals surface area contributed by atoms with Crippen molar-refractivity contribution in [2.45, 2.75) is 6.42 Å². The minimum absolute atomic E-state index is 0.107. The molecular weight excluding hydrogens is 230 g/mol. The largest absolute Gasteiger partial charge is 0.370 e. The van der Waals surface area contributed by atoms with Crippen LogP contribution in [0.5, 0.6) is 0 Å². The van der Waals surface area contributed by atoms with Crippen molar-refractivity contribution in [3.05, 3.63) is 30.1 Å². The van der Waals surface area contributed by atoms with Crippen molar-refractivity contribution < 1.29 is 4.79 Å². The fraction of sp³-hybridized carbons (Fsp3) is 0.250. The minimum Gasteiger partial charge on any atom is -0.370 e. The molecule has 0 fully saturated rings. The van der Waals surface area contributed by atoms with Crippen LogP contribution in [0.1, 0.15) is 5.56 Å². The number of urea groups is 1. The average molecular weight is 245 g/mol. The summed E-state index contributed by atoms with van der Waals surface area (Å²) in [4.78, 5) is 16.7. The van der Waals surface area contributed by atoms with Crippen molar-refractivity contribution in [3.63, 3.8) is 0 Å². The number of guanidine groups is 1. The standard InChI is InChI=1S/C12H15N5O/c1-2-6-16-12(18)17(11(13)14)8-5-10-4-3-7-15-9-10/h1,3-4,7,9H,5-6,8H2,(H3,13,14)(H,16,18). The Labute approximate surface area is 106 Å². The van der Waals surface area contributed by atoms with Gasteiger partial charge in [0.15, 0.2) is 5.96 Å². The van der Waals surface area contributed by atoms with Gasteiger partial charge < -0.3 is 11.1 Å². The number of nitrogens with two attached hydrogens (primary N) is 1. The molecule has 0 radical (unpaired) electrons. The number of pyridine rings is 1. The van der Waals surface area contributed by atoms with Crippen LogP contribution >= 0.6 is 0 Å². The highest BCUT2D eigenvalue weighted by Gasteiger charge is 2.15. The Bertz CT molecular complexity index is 451. The van der Waals surface area contributed by atoms with E-state index in [1.165, 1.54) is 0 Å². The highest BCUT2D eigenvalue weighted by molar-refractivity contribution is 5.93. The van der Waals surface area contributed by atoms with Crippen LogP contribution in [0.25, 0.3) is 0 Å². The van der Waals surface area contributed by atoms with E-state index in [9.17, 15) is 4.79 Å². The summed E-state index contributed by atoms with van der Waals surface area (Å²) in [6.45, 7) is 0.410. The third-order valence-electron chi connectivity index (χ3n) is 2.22. The van der Waals surface area contributed by atoms with Crippen molar-refractivity contribution in [2.75, 3.05) is 13.1 Å². The first-order valence-corrected chi connectivity index (χ1v) is 5.37. The minimum atomic E-state index is -0.468. The Balaban J connectivity index is 2.56. The third-order valence-corrected chi connectivity index (χ3v) is 2.22. The molecule has 0 bridgehead atoms. The maximum atomic E-state index is 11.6. The van der Waals surface area contributed by atoms with Gasteiger partial charge in [-0.1, -0.05) is 12.0 Å². The van der Waals surface area contributed by atoms with E-state index in [2.05, 4.69) is 16.2 Å². The lowest BCUT2D eigenvalue weighted by atomic mass is 10.2. The molecular formula is C12H15N5O. The van der Waals surface area contributed by atoms with Crippen LogP contribution in [0.4, 0.5) is 4.79 Å². The number of hydrogen-bond donors (Lipinski definition) is 3. The fourth-order valence-electron chi connectivity index (χ4n) is 1.34. The van der Waals surface area contributed by atoms with Crippen LogP contribution in [0, 0.1) is 17.8 Å². The second-order valence-corrected chi connectivity index (χ2v) is 3.51. The maximum Gasteiger partial charge on any atom is 0.324 e. The first-order chi connectivity index (χ1) is 8.65. The summed E-state index contributed by atoms with van der Waals surface area (Å²) in [5.74, 6) is 1.97. The first kappa shape index (κ1) is 13.5. The van der Waals surface area contributed by atoms with E-state index in [-0.39, 0.29) is 12.5 Å². The van der Waals surface area contributed by atoms with Crippen LogP contribution < -0.4 is 11.1 Å². The smallest absolute Gasteiger partial charge is 0.324 e. The molecule has 1 heterocycles. The molecule has 0 aromatic carbocycles. The number of carbonyl (C=O) groups is 1. The average Bonchev–Trinajstić information content (AvgIpc) is 2.37. The number of carbonyl (C=O) groups excluding carboxylic acids is 1. The van der Waals surface area contributed by atoms with Gasteiger partial charge in [-0.3, -0.25) is 15.3 Å². The number of terminal acetylenes is 1. The molecule has 0 aliphatic carbocycles. The summed E-state index contributed by atoms with van der Waals surface area (Å²) in [5, 5.41) is 9.82. The van der Waals surface area contributed by atoms with E-state index < -0.39 is 6.03 Å². The number of hydrogen-bond acceptors (Lipinski definition) is 3. The van der Waals surface area contributed by atoms with Crippen molar-refractivity contribution in [1.29, 1.82) is 5.41 Å². The molecule has 4 N–H and O–H groups in total. The highest BCUT2D eigenvalue weighted by atomic mass is 16.2. The van der Waals surface area contributed by atoms with E-state index >= 15 is 0 Å². The lowest BCUT2D eigenvalue weighted by Crippen LogP contribution is -2.47. The number of aromatic nitrogens is 1. The number of amides is 2. The summed E-state index contributed by atoms with van der Waals surface area (Å²) < 4.78 is 0. The molecule has 94 valence electrons. The second kappa shape index (κ2) is 6.91. The van der Waals surface area contributed by atoms with Gasteiger partial charge in [0.25, 0.3) is 0 Å². The summed E-state index contributed by atoms with van der Waals surface area (Å²) in [6.07, 6.45) is 8.99. The predicted octanol–water partition coefficient (Wildman–Crippen LogP) is 0.162. The van der Waals surface area contributed by atoms with Crippen molar-refractivity contribution in [2.24, 2.45) is 5.73 Å². The van der Waals surface area contributed by atoms with Gasteiger partial charge in [0.1, 0.15) is 0 Å². The number of nitrogens with zero attached hydrogens (tertiary/aromatic N) is 2. The van der Waals surface area contributed by atoms with Crippen LogP contribution in [0.15, 0.2) is 24.5 Å². The molecule has 2 amide bonds. The van der Waals surface area contributed by atoms with E-state index in [1.807, 2.05) is 12.1 Å².